The van der Waals surface area contributed by atoms with Crippen LogP contribution in [0.5, 0.6) is 11.5 Å². The second kappa shape index (κ2) is 7.09. The minimum absolute atomic E-state index is 0.0940. The van der Waals surface area contributed by atoms with Gasteiger partial charge in [-0.3, -0.25) is 9.59 Å². The van der Waals surface area contributed by atoms with Gasteiger partial charge in [0.2, 0.25) is 0 Å². The van der Waals surface area contributed by atoms with Gasteiger partial charge in [-0.25, -0.2) is 0 Å². The lowest BCUT2D eigenvalue weighted by Crippen LogP contribution is -2.27. The van der Waals surface area contributed by atoms with E-state index in [1.807, 2.05) is 54.6 Å². The molecule has 0 aliphatic carbocycles. The third-order valence-corrected chi connectivity index (χ3v) is 3.86. The fraction of sp³-hybridized carbons (Fsp3) is 0.158. The van der Waals surface area contributed by atoms with Crippen LogP contribution in [0.25, 0.3) is 0 Å². The summed E-state index contributed by atoms with van der Waals surface area (Å²) >= 11 is 0. The Morgan fingerprint density at radius 1 is 1.12 bits per heavy atom. The number of amides is 2. The van der Waals surface area contributed by atoms with Crippen LogP contribution < -0.4 is 10.1 Å². The Labute approximate surface area is 145 Å². The van der Waals surface area contributed by atoms with Crippen molar-refractivity contribution in [3.05, 3.63) is 71.5 Å². The largest absolute Gasteiger partial charge is 0.503 e. The molecule has 0 atom stereocenters. The molecule has 0 spiro atoms. The standard InChI is InChI=1S/C19H18N2O4/c1-21-12-16(17(22)19(21)24)18(23)20-11-13-7-9-15(10-8-13)25-14-5-3-2-4-6-14/h2-10,22H,11-12H2,1H3,(H,20,23). The fourth-order valence-electron chi connectivity index (χ4n) is 2.46. The number of benzene rings is 2. The summed E-state index contributed by atoms with van der Waals surface area (Å²) in [7, 11) is 1.53. The van der Waals surface area contributed by atoms with E-state index in [4.69, 9.17) is 4.74 Å². The lowest BCUT2D eigenvalue weighted by atomic mass is 10.2. The Balaban J connectivity index is 1.57. The Bertz CT molecular complexity index is 813. The molecule has 2 aromatic carbocycles. The highest BCUT2D eigenvalue weighted by molar-refractivity contribution is 6.06. The summed E-state index contributed by atoms with van der Waals surface area (Å²) in [5, 5.41) is 12.4. The van der Waals surface area contributed by atoms with Crippen molar-refractivity contribution in [3.63, 3.8) is 0 Å². The molecule has 25 heavy (non-hydrogen) atoms. The van der Waals surface area contributed by atoms with E-state index in [0.29, 0.717) is 12.3 Å². The van der Waals surface area contributed by atoms with Crippen molar-refractivity contribution in [1.29, 1.82) is 0 Å². The summed E-state index contributed by atoms with van der Waals surface area (Å²) < 4.78 is 5.71. The van der Waals surface area contributed by atoms with Gasteiger partial charge in [0.05, 0.1) is 12.1 Å². The van der Waals surface area contributed by atoms with Crippen molar-refractivity contribution in [2.45, 2.75) is 6.54 Å². The van der Waals surface area contributed by atoms with Crippen molar-refractivity contribution in [3.8, 4) is 11.5 Å². The molecule has 1 aliphatic rings. The maximum Gasteiger partial charge on any atom is 0.289 e. The van der Waals surface area contributed by atoms with Gasteiger partial charge in [0.15, 0.2) is 5.76 Å². The van der Waals surface area contributed by atoms with E-state index in [9.17, 15) is 14.7 Å². The molecule has 0 radical (unpaired) electrons. The van der Waals surface area contributed by atoms with Crippen LogP contribution in [0.3, 0.4) is 0 Å². The number of hydrogen-bond acceptors (Lipinski definition) is 4. The Morgan fingerprint density at radius 2 is 1.76 bits per heavy atom. The molecule has 2 N–H and O–H groups in total. The molecule has 2 aromatic rings. The molecule has 0 fully saturated rings. The zero-order chi connectivity index (χ0) is 17.8. The first-order chi connectivity index (χ1) is 12.0. The minimum Gasteiger partial charge on any atom is -0.503 e. The molecule has 6 nitrogen and oxygen atoms in total. The Morgan fingerprint density at radius 3 is 2.36 bits per heavy atom. The molecule has 0 aromatic heterocycles. The number of aliphatic hydroxyl groups is 1. The van der Waals surface area contributed by atoms with E-state index in [1.54, 1.807) is 0 Å². The quantitative estimate of drug-likeness (QED) is 0.877. The first-order valence-corrected chi connectivity index (χ1v) is 7.82. The smallest absolute Gasteiger partial charge is 0.289 e. The van der Waals surface area contributed by atoms with Crippen molar-refractivity contribution in [2.75, 3.05) is 13.6 Å². The van der Waals surface area contributed by atoms with Gasteiger partial charge in [-0.15, -0.1) is 0 Å². The number of ether oxygens (including phenoxy) is 1. The van der Waals surface area contributed by atoms with Crippen LogP contribution in [-0.4, -0.2) is 35.4 Å². The van der Waals surface area contributed by atoms with Gasteiger partial charge in [0.1, 0.15) is 11.5 Å². The van der Waals surface area contributed by atoms with Gasteiger partial charge in [0.25, 0.3) is 11.8 Å². The number of rotatable bonds is 5. The van der Waals surface area contributed by atoms with Crippen molar-refractivity contribution in [2.24, 2.45) is 0 Å². The Kier molecular flexibility index (Phi) is 4.70. The van der Waals surface area contributed by atoms with Crippen LogP contribution in [0.15, 0.2) is 65.9 Å². The predicted molar refractivity (Wildman–Crippen MR) is 92.1 cm³/mol. The van der Waals surface area contributed by atoms with Gasteiger partial charge in [-0.2, -0.15) is 0 Å². The maximum absolute atomic E-state index is 12.1. The molecule has 2 amide bonds. The number of nitrogens with zero attached hydrogens (tertiary/aromatic N) is 1. The second-order valence-corrected chi connectivity index (χ2v) is 5.73. The normalized spacial score (nSPS) is 14.0. The van der Waals surface area contributed by atoms with Gasteiger partial charge in [-0.1, -0.05) is 30.3 Å². The van der Waals surface area contributed by atoms with E-state index in [-0.39, 0.29) is 12.1 Å². The summed E-state index contributed by atoms with van der Waals surface area (Å²) in [5.74, 6) is -0.00962. The SMILES string of the molecule is CN1CC(C(=O)NCc2ccc(Oc3ccccc3)cc2)=C(O)C1=O. The fourth-order valence-corrected chi connectivity index (χ4v) is 2.46. The third kappa shape index (κ3) is 3.80. The summed E-state index contributed by atoms with van der Waals surface area (Å²) in [6.45, 7) is 0.402. The molecule has 6 heteroatoms. The third-order valence-electron chi connectivity index (χ3n) is 3.86. The monoisotopic (exact) mass is 338 g/mol. The Hall–Kier alpha value is -3.28. The highest BCUT2D eigenvalue weighted by Crippen LogP contribution is 2.21. The van der Waals surface area contributed by atoms with Gasteiger partial charge in [0, 0.05) is 13.6 Å². The highest BCUT2D eigenvalue weighted by Gasteiger charge is 2.31. The van der Waals surface area contributed by atoms with Crippen LogP contribution in [0, 0.1) is 0 Å². The molecule has 3 rings (SSSR count). The highest BCUT2D eigenvalue weighted by atomic mass is 16.5. The molecule has 128 valence electrons. The van der Waals surface area contributed by atoms with E-state index in [2.05, 4.69) is 5.32 Å². The minimum atomic E-state index is -0.535. The van der Waals surface area contributed by atoms with Crippen LogP contribution >= 0.6 is 0 Å². The molecular weight excluding hydrogens is 320 g/mol. The summed E-state index contributed by atoms with van der Waals surface area (Å²) in [6, 6.07) is 16.8. The molecule has 1 aliphatic heterocycles. The number of hydrogen-bond donors (Lipinski definition) is 2. The molecule has 0 saturated heterocycles. The van der Waals surface area contributed by atoms with Gasteiger partial charge in [-0.05, 0) is 29.8 Å². The topological polar surface area (TPSA) is 78.9 Å². The molecule has 0 unspecified atom stereocenters. The predicted octanol–water partition coefficient (Wildman–Crippen LogP) is 2.38. The van der Waals surface area contributed by atoms with Crippen LogP contribution in [-0.2, 0) is 16.1 Å². The summed E-state index contributed by atoms with van der Waals surface area (Å²) in [6.07, 6.45) is 0. The molecular formula is C19H18N2O4. The van der Waals surface area contributed by atoms with E-state index < -0.39 is 17.6 Å². The lowest BCUT2D eigenvalue weighted by Gasteiger charge is -2.09. The van der Waals surface area contributed by atoms with Crippen molar-refractivity contribution < 1.29 is 19.4 Å². The number of nitrogens with one attached hydrogen (secondary N) is 1. The van der Waals surface area contributed by atoms with Crippen LogP contribution in [0.4, 0.5) is 0 Å². The van der Waals surface area contributed by atoms with Crippen molar-refractivity contribution >= 4 is 11.8 Å². The first kappa shape index (κ1) is 16.6. The number of para-hydroxylation sites is 1. The number of carbonyl (C=O) groups excluding carboxylic acids is 2. The molecule has 0 saturated carbocycles. The summed E-state index contributed by atoms with van der Waals surface area (Å²) in [5.41, 5.74) is 0.975. The summed E-state index contributed by atoms with van der Waals surface area (Å²) in [4.78, 5) is 24.9. The van der Waals surface area contributed by atoms with Gasteiger partial charge >= 0.3 is 0 Å². The van der Waals surface area contributed by atoms with Crippen LogP contribution in [0.2, 0.25) is 0 Å². The first-order valence-electron chi connectivity index (χ1n) is 7.82. The number of aliphatic hydroxyl groups excluding tert-OH is 1. The van der Waals surface area contributed by atoms with E-state index in [1.165, 1.54) is 11.9 Å². The van der Waals surface area contributed by atoms with Crippen LogP contribution in [0.1, 0.15) is 5.56 Å². The van der Waals surface area contributed by atoms with Gasteiger partial charge < -0.3 is 20.1 Å². The zero-order valence-corrected chi connectivity index (χ0v) is 13.7. The number of carbonyl (C=O) groups is 2. The second-order valence-electron chi connectivity index (χ2n) is 5.73. The van der Waals surface area contributed by atoms with E-state index >= 15 is 0 Å². The van der Waals surface area contributed by atoms with E-state index in [0.717, 1.165) is 11.3 Å². The zero-order valence-electron chi connectivity index (χ0n) is 13.7. The molecule has 1 heterocycles. The lowest BCUT2D eigenvalue weighted by molar-refractivity contribution is -0.126. The molecule has 0 bridgehead atoms. The van der Waals surface area contributed by atoms with Crippen molar-refractivity contribution in [1.82, 2.24) is 10.2 Å². The average Bonchev–Trinajstić information content (AvgIpc) is 2.89. The number of likely N-dealkylation sites (N-methyl/N-ethyl adjacent to an activating group) is 1. The maximum atomic E-state index is 12.1. The average molecular weight is 338 g/mol.